The highest BCUT2D eigenvalue weighted by Gasteiger charge is 2.28. The van der Waals surface area contributed by atoms with Crippen molar-refractivity contribution in [2.24, 2.45) is 0 Å². The van der Waals surface area contributed by atoms with Crippen molar-refractivity contribution in [3.8, 4) is 0 Å². The van der Waals surface area contributed by atoms with Crippen LogP contribution in [0.2, 0.25) is 0 Å². The molecule has 2 N–H and O–H groups in total. The van der Waals surface area contributed by atoms with Crippen molar-refractivity contribution in [1.82, 2.24) is 15.1 Å². The van der Waals surface area contributed by atoms with Crippen LogP contribution in [-0.4, -0.2) is 59.2 Å². The van der Waals surface area contributed by atoms with Gasteiger partial charge in [0.05, 0.1) is 18.6 Å². The van der Waals surface area contributed by atoms with Crippen molar-refractivity contribution >= 4 is 15.9 Å². The third-order valence-corrected chi connectivity index (χ3v) is 4.35. The van der Waals surface area contributed by atoms with Gasteiger partial charge in [0.25, 0.3) is 15.9 Å². The summed E-state index contributed by atoms with van der Waals surface area (Å²) in [6, 6.07) is 5.14. The molecule has 7 nitrogen and oxygen atoms in total. The number of hydrogen-bond donors (Lipinski definition) is 2. The zero-order chi connectivity index (χ0) is 19.1. The van der Waals surface area contributed by atoms with Crippen LogP contribution in [0.15, 0.2) is 29.2 Å². The molecule has 0 saturated carbocycles. The van der Waals surface area contributed by atoms with Crippen molar-refractivity contribution < 1.29 is 31.2 Å². The van der Waals surface area contributed by atoms with E-state index in [-0.39, 0.29) is 23.5 Å². The number of alkyl halides is 3. The molecular formula is C14H20F3N3O4S. The summed E-state index contributed by atoms with van der Waals surface area (Å²) in [5.74, 6) is -0.442. The van der Waals surface area contributed by atoms with Crippen LogP contribution in [0.3, 0.4) is 0 Å². The zero-order valence-corrected chi connectivity index (χ0v) is 14.6. The molecule has 0 aliphatic rings. The minimum absolute atomic E-state index is 0.0697. The average Bonchev–Trinajstić information content (AvgIpc) is 2.49. The highest BCUT2D eigenvalue weighted by molar-refractivity contribution is 7.89. The van der Waals surface area contributed by atoms with Crippen molar-refractivity contribution in [2.45, 2.75) is 17.5 Å². The highest BCUT2D eigenvalue weighted by atomic mass is 32.2. The molecule has 25 heavy (non-hydrogen) atoms. The summed E-state index contributed by atoms with van der Waals surface area (Å²) < 4.78 is 59.8. The molecule has 142 valence electrons. The quantitative estimate of drug-likeness (QED) is 0.493. The fourth-order valence-electron chi connectivity index (χ4n) is 1.98. The summed E-state index contributed by atoms with van der Waals surface area (Å²) in [4.78, 5) is 19.2. The lowest BCUT2D eigenvalue weighted by Gasteiger charge is -2.18. The molecule has 1 aromatic carbocycles. The van der Waals surface area contributed by atoms with Crippen LogP contribution < -0.4 is 10.2 Å². The Hall–Kier alpha value is -1.69. The van der Waals surface area contributed by atoms with Gasteiger partial charge in [0.1, 0.15) is 0 Å². The third-order valence-electron chi connectivity index (χ3n) is 3.07. The first-order valence-corrected chi connectivity index (χ1v) is 8.72. The van der Waals surface area contributed by atoms with Crippen LogP contribution in [0, 0.1) is 0 Å². The Labute approximate surface area is 144 Å². The van der Waals surface area contributed by atoms with Gasteiger partial charge >= 0.3 is 6.18 Å². The smallest absolute Gasteiger partial charge is 0.352 e. The molecule has 0 aliphatic carbocycles. The first-order valence-electron chi connectivity index (χ1n) is 7.23. The van der Waals surface area contributed by atoms with E-state index in [0.717, 1.165) is 12.0 Å². The topological polar surface area (TPSA) is 87.7 Å². The molecule has 1 aromatic rings. The summed E-state index contributed by atoms with van der Waals surface area (Å²) >= 11 is 0. The predicted octanol–water partition coefficient (Wildman–Crippen LogP) is 1.14. The molecule has 0 fully saturated rings. The van der Waals surface area contributed by atoms with Crippen molar-refractivity contribution in [2.75, 3.05) is 33.8 Å². The van der Waals surface area contributed by atoms with Gasteiger partial charge in [-0.1, -0.05) is 4.89 Å². The third kappa shape index (κ3) is 7.82. The molecule has 1 rings (SSSR count). The number of nitrogens with one attached hydrogen (secondary N) is 2. The normalized spacial score (nSPS) is 12.4. The molecule has 0 heterocycles. The van der Waals surface area contributed by atoms with Gasteiger partial charge in [0, 0.05) is 12.1 Å². The summed E-state index contributed by atoms with van der Waals surface area (Å²) in [5.41, 5.74) is 0.236. The lowest BCUT2D eigenvalue weighted by Crippen LogP contribution is -2.33. The molecule has 0 aromatic heterocycles. The van der Waals surface area contributed by atoms with E-state index < -0.39 is 28.7 Å². The second-order valence-corrected chi connectivity index (χ2v) is 6.92. The largest absolute Gasteiger partial charge is 0.401 e. The Morgan fingerprint density at radius 2 is 1.84 bits per heavy atom. The SMILES string of the molecule is CONS(=O)(=O)c1ccc(C(=O)NCCCN(C)CC(F)(F)F)cc1. The molecule has 0 saturated heterocycles. The van der Waals surface area contributed by atoms with E-state index in [1.807, 2.05) is 4.89 Å². The lowest BCUT2D eigenvalue weighted by molar-refractivity contribution is -0.143. The summed E-state index contributed by atoms with van der Waals surface area (Å²) in [7, 11) is -1.29. The maximum Gasteiger partial charge on any atom is 0.401 e. The minimum Gasteiger partial charge on any atom is -0.352 e. The van der Waals surface area contributed by atoms with Crippen LogP contribution in [0.25, 0.3) is 0 Å². The Balaban J connectivity index is 2.46. The number of amides is 1. The number of sulfonamides is 1. The molecule has 0 aliphatic heterocycles. The molecular weight excluding hydrogens is 363 g/mol. The van der Waals surface area contributed by atoms with E-state index in [4.69, 9.17) is 0 Å². The second kappa shape index (κ2) is 9.13. The minimum atomic E-state index is -4.25. The Bertz CT molecular complexity index is 663. The molecule has 0 bridgehead atoms. The van der Waals surface area contributed by atoms with Crippen molar-refractivity contribution in [3.63, 3.8) is 0 Å². The molecule has 0 unspecified atom stereocenters. The van der Waals surface area contributed by atoms with Gasteiger partial charge in [0.15, 0.2) is 0 Å². The molecule has 0 spiro atoms. The van der Waals surface area contributed by atoms with Gasteiger partial charge in [-0.25, -0.2) is 8.42 Å². The summed E-state index contributed by atoms with van der Waals surface area (Å²) in [5, 5.41) is 2.56. The van der Waals surface area contributed by atoms with Gasteiger partial charge in [0.2, 0.25) is 0 Å². The van der Waals surface area contributed by atoms with E-state index in [0.29, 0.717) is 6.42 Å². The van der Waals surface area contributed by atoms with Gasteiger partial charge < -0.3 is 5.32 Å². The molecule has 11 heteroatoms. The average molecular weight is 383 g/mol. The van der Waals surface area contributed by atoms with Crippen molar-refractivity contribution in [3.05, 3.63) is 29.8 Å². The van der Waals surface area contributed by atoms with Gasteiger partial charge in [-0.2, -0.15) is 13.2 Å². The number of hydrogen-bond acceptors (Lipinski definition) is 5. The van der Waals surface area contributed by atoms with E-state index in [9.17, 15) is 26.4 Å². The second-order valence-electron chi connectivity index (χ2n) is 5.28. The summed E-state index contributed by atoms with van der Waals surface area (Å²) in [6.07, 6.45) is -3.90. The number of rotatable bonds is 9. The number of benzene rings is 1. The van der Waals surface area contributed by atoms with E-state index in [1.54, 1.807) is 0 Å². The first kappa shape index (κ1) is 21.4. The maximum absolute atomic E-state index is 12.2. The van der Waals surface area contributed by atoms with Gasteiger partial charge in [-0.3, -0.25) is 14.5 Å². The number of halogens is 3. The molecule has 0 atom stereocenters. The number of carbonyl (C=O) groups excluding carboxylic acids is 1. The Morgan fingerprint density at radius 1 is 1.24 bits per heavy atom. The lowest BCUT2D eigenvalue weighted by atomic mass is 10.2. The Morgan fingerprint density at radius 3 is 2.36 bits per heavy atom. The maximum atomic E-state index is 12.2. The fourth-order valence-corrected chi connectivity index (χ4v) is 2.79. The van der Waals surface area contributed by atoms with Crippen LogP contribution in [0.4, 0.5) is 13.2 Å². The van der Waals surface area contributed by atoms with Gasteiger partial charge in [-0.15, -0.1) is 0 Å². The molecule has 1 amide bonds. The van der Waals surface area contributed by atoms with Crippen molar-refractivity contribution in [1.29, 1.82) is 0 Å². The van der Waals surface area contributed by atoms with Crippen LogP contribution >= 0.6 is 0 Å². The number of carbonyl (C=O) groups is 1. The van der Waals surface area contributed by atoms with Crippen LogP contribution in [-0.2, 0) is 14.9 Å². The predicted molar refractivity (Wildman–Crippen MR) is 84.3 cm³/mol. The Kier molecular flexibility index (Phi) is 7.80. The van der Waals surface area contributed by atoms with Crippen LogP contribution in [0.5, 0.6) is 0 Å². The van der Waals surface area contributed by atoms with E-state index >= 15 is 0 Å². The van der Waals surface area contributed by atoms with Crippen LogP contribution in [0.1, 0.15) is 16.8 Å². The molecule has 0 radical (unpaired) electrons. The highest BCUT2D eigenvalue weighted by Crippen LogP contribution is 2.15. The first-order chi connectivity index (χ1) is 11.5. The summed E-state index contributed by atoms with van der Waals surface area (Å²) in [6.45, 7) is -0.627. The zero-order valence-electron chi connectivity index (χ0n) is 13.8. The van der Waals surface area contributed by atoms with Gasteiger partial charge in [-0.05, 0) is 44.3 Å². The number of nitrogens with zero attached hydrogens (tertiary/aromatic N) is 1. The van der Waals surface area contributed by atoms with E-state index in [2.05, 4.69) is 10.2 Å². The fraction of sp³-hybridized carbons (Fsp3) is 0.500. The van der Waals surface area contributed by atoms with E-state index in [1.165, 1.54) is 31.3 Å². The monoisotopic (exact) mass is 383 g/mol. The standard InChI is InChI=1S/C14H20F3N3O4S/c1-20(10-14(15,16)17)9-3-8-18-13(21)11-4-6-12(7-5-11)25(22,23)19-24-2/h4-7,19H,3,8-10H2,1-2H3,(H,18,21).